The van der Waals surface area contributed by atoms with Gasteiger partial charge in [-0.1, -0.05) is 13.3 Å². The van der Waals surface area contributed by atoms with Crippen molar-refractivity contribution in [2.45, 2.75) is 32.8 Å². The van der Waals surface area contributed by atoms with Gasteiger partial charge in [-0.05, 0) is 19.1 Å². The molecule has 2 nitrogen and oxygen atoms in total. The Balaban J connectivity index is 3.02. The third-order valence-electron chi connectivity index (χ3n) is 1.47. The summed E-state index contributed by atoms with van der Waals surface area (Å²) in [6, 6.07) is 0. The Morgan fingerprint density at radius 1 is 1.42 bits per heavy atom. The van der Waals surface area contributed by atoms with E-state index in [1.54, 1.807) is 11.8 Å². The van der Waals surface area contributed by atoms with E-state index in [2.05, 4.69) is 6.92 Å². The van der Waals surface area contributed by atoms with Crippen LogP contribution in [0.2, 0.25) is 0 Å². The van der Waals surface area contributed by atoms with Gasteiger partial charge in [-0.25, -0.2) is 0 Å². The molecular weight excluding hydrogens is 172 g/mol. The molecule has 0 radical (unpaired) electrons. The number of thioether (sulfide) groups is 1. The van der Waals surface area contributed by atoms with E-state index in [-0.39, 0.29) is 6.10 Å². The molecule has 0 aliphatic heterocycles. The first-order chi connectivity index (χ1) is 5.81. The average molecular weight is 192 g/mol. The van der Waals surface area contributed by atoms with Crippen molar-refractivity contribution in [1.29, 1.82) is 0 Å². The lowest BCUT2D eigenvalue weighted by Gasteiger charge is -2.09. The molecule has 0 bridgehead atoms. The van der Waals surface area contributed by atoms with Crippen molar-refractivity contribution >= 4 is 11.8 Å². The van der Waals surface area contributed by atoms with Gasteiger partial charge >= 0.3 is 0 Å². The fourth-order valence-electron chi connectivity index (χ4n) is 0.768. The highest BCUT2D eigenvalue weighted by atomic mass is 32.2. The summed E-state index contributed by atoms with van der Waals surface area (Å²) in [4.78, 5) is 0. The third kappa shape index (κ3) is 8.37. The summed E-state index contributed by atoms with van der Waals surface area (Å²) in [5, 5.41) is 9.33. The molecule has 0 saturated carbocycles. The SMILES string of the molecule is CCCCSC[C@H](O)COCC. The monoisotopic (exact) mass is 192 g/mol. The minimum Gasteiger partial charge on any atom is -0.390 e. The van der Waals surface area contributed by atoms with E-state index in [4.69, 9.17) is 4.74 Å². The number of unbranched alkanes of at least 4 members (excludes halogenated alkanes) is 1. The highest BCUT2D eigenvalue weighted by Crippen LogP contribution is 2.06. The first kappa shape index (κ1) is 12.3. The maximum atomic E-state index is 9.33. The fraction of sp³-hybridized carbons (Fsp3) is 1.00. The molecule has 12 heavy (non-hydrogen) atoms. The van der Waals surface area contributed by atoms with Crippen molar-refractivity contribution in [3.63, 3.8) is 0 Å². The summed E-state index contributed by atoms with van der Waals surface area (Å²) in [5.74, 6) is 1.96. The average Bonchev–Trinajstić information content (AvgIpc) is 2.09. The lowest BCUT2D eigenvalue weighted by molar-refractivity contribution is 0.0551. The van der Waals surface area contributed by atoms with E-state index in [1.165, 1.54) is 12.8 Å². The number of aliphatic hydroxyl groups is 1. The topological polar surface area (TPSA) is 29.5 Å². The van der Waals surface area contributed by atoms with Crippen LogP contribution in [0.5, 0.6) is 0 Å². The molecule has 0 heterocycles. The standard InChI is InChI=1S/C9H20O2S/c1-3-5-6-12-8-9(10)7-11-4-2/h9-10H,3-8H2,1-2H3/t9-/m1/s1. The Bertz CT molecular complexity index is 88.6. The van der Waals surface area contributed by atoms with Crippen molar-refractivity contribution in [3.05, 3.63) is 0 Å². The Kier molecular flexibility index (Phi) is 9.57. The van der Waals surface area contributed by atoms with Gasteiger partial charge in [-0.2, -0.15) is 11.8 Å². The highest BCUT2D eigenvalue weighted by Gasteiger charge is 2.02. The van der Waals surface area contributed by atoms with Crippen LogP contribution in [0.3, 0.4) is 0 Å². The molecule has 0 rings (SSSR count). The smallest absolute Gasteiger partial charge is 0.0863 e. The van der Waals surface area contributed by atoms with E-state index in [0.717, 1.165) is 11.5 Å². The minimum atomic E-state index is -0.285. The van der Waals surface area contributed by atoms with Gasteiger partial charge in [-0.15, -0.1) is 0 Å². The Hall–Kier alpha value is 0.270. The van der Waals surface area contributed by atoms with Crippen LogP contribution >= 0.6 is 11.8 Å². The van der Waals surface area contributed by atoms with Crippen LogP contribution in [0.25, 0.3) is 0 Å². The van der Waals surface area contributed by atoms with Gasteiger partial charge < -0.3 is 9.84 Å². The largest absolute Gasteiger partial charge is 0.390 e. The Labute approximate surface area is 79.7 Å². The molecule has 0 unspecified atom stereocenters. The number of rotatable bonds is 8. The fourth-order valence-corrected chi connectivity index (χ4v) is 1.80. The third-order valence-corrected chi connectivity index (χ3v) is 2.66. The molecule has 0 spiro atoms. The summed E-state index contributed by atoms with van der Waals surface area (Å²) in [5.41, 5.74) is 0. The summed E-state index contributed by atoms with van der Waals surface area (Å²) in [6.07, 6.45) is 2.19. The molecule has 0 aliphatic rings. The molecule has 74 valence electrons. The molecule has 1 N–H and O–H groups in total. The molecule has 0 aromatic rings. The molecule has 0 fully saturated rings. The van der Waals surface area contributed by atoms with E-state index in [9.17, 15) is 5.11 Å². The zero-order valence-corrected chi connectivity index (χ0v) is 8.90. The summed E-state index contributed by atoms with van der Waals surface area (Å²) in [7, 11) is 0. The van der Waals surface area contributed by atoms with E-state index in [0.29, 0.717) is 13.2 Å². The van der Waals surface area contributed by atoms with E-state index >= 15 is 0 Å². The van der Waals surface area contributed by atoms with Gasteiger partial charge in [0.05, 0.1) is 12.7 Å². The number of aliphatic hydroxyl groups excluding tert-OH is 1. The van der Waals surface area contributed by atoms with Crippen molar-refractivity contribution in [2.24, 2.45) is 0 Å². The molecule has 3 heteroatoms. The maximum absolute atomic E-state index is 9.33. The van der Waals surface area contributed by atoms with Crippen LogP contribution < -0.4 is 0 Å². The van der Waals surface area contributed by atoms with Crippen LogP contribution in [-0.2, 0) is 4.74 Å². The number of hydrogen-bond acceptors (Lipinski definition) is 3. The molecule has 0 aliphatic carbocycles. The van der Waals surface area contributed by atoms with Gasteiger partial charge in [0, 0.05) is 12.4 Å². The maximum Gasteiger partial charge on any atom is 0.0863 e. The van der Waals surface area contributed by atoms with Gasteiger partial charge in [-0.3, -0.25) is 0 Å². The quantitative estimate of drug-likeness (QED) is 0.596. The van der Waals surface area contributed by atoms with Crippen LogP contribution in [0.1, 0.15) is 26.7 Å². The highest BCUT2D eigenvalue weighted by molar-refractivity contribution is 7.99. The first-order valence-electron chi connectivity index (χ1n) is 4.64. The van der Waals surface area contributed by atoms with Gasteiger partial charge in [0.1, 0.15) is 0 Å². The summed E-state index contributed by atoms with van der Waals surface area (Å²) >= 11 is 1.81. The van der Waals surface area contributed by atoms with Gasteiger partial charge in [0.2, 0.25) is 0 Å². The second-order valence-electron chi connectivity index (χ2n) is 2.74. The van der Waals surface area contributed by atoms with Crippen LogP contribution in [-0.4, -0.2) is 35.9 Å². The van der Waals surface area contributed by atoms with Crippen molar-refractivity contribution < 1.29 is 9.84 Å². The lowest BCUT2D eigenvalue weighted by Crippen LogP contribution is -2.18. The Morgan fingerprint density at radius 3 is 2.75 bits per heavy atom. The lowest BCUT2D eigenvalue weighted by atomic mass is 10.4. The van der Waals surface area contributed by atoms with Gasteiger partial charge in [0.25, 0.3) is 0 Å². The number of hydrogen-bond donors (Lipinski definition) is 1. The van der Waals surface area contributed by atoms with Crippen LogP contribution in [0, 0.1) is 0 Å². The molecule has 0 aromatic heterocycles. The van der Waals surface area contributed by atoms with Crippen molar-refractivity contribution in [2.75, 3.05) is 24.7 Å². The molecule has 0 saturated heterocycles. The molecular formula is C9H20O2S. The normalized spacial score (nSPS) is 13.2. The van der Waals surface area contributed by atoms with E-state index in [1.807, 2.05) is 6.92 Å². The minimum absolute atomic E-state index is 0.285. The summed E-state index contributed by atoms with van der Waals surface area (Å²) < 4.78 is 5.09. The van der Waals surface area contributed by atoms with Crippen LogP contribution in [0.15, 0.2) is 0 Å². The van der Waals surface area contributed by atoms with E-state index < -0.39 is 0 Å². The molecule has 0 aromatic carbocycles. The molecule has 0 amide bonds. The van der Waals surface area contributed by atoms with Gasteiger partial charge in [0.15, 0.2) is 0 Å². The zero-order chi connectivity index (χ0) is 9.23. The predicted molar refractivity (Wildman–Crippen MR) is 54.7 cm³/mol. The van der Waals surface area contributed by atoms with Crippen molar-refractivity contribution in [3.8, 4) is 0 Å². The van der Waals surface area contributed by atoms with Crippen molar-refractivity contribution in [1.82, 2.24) is 0 Å². The second-order valence-corrected chi connectivity index (χ2v) is 3.89. The first-order valence-corrected chi connectivity index (χ1v) is 5.80. The Morgan fingerprint density at radius 2 is 2.17 bits per heavy atom. The molecule has 1 atom stereocenters. The number of ether oxygens (including phenoxy) is 1. The summed E-state index contributed by atoms with van der Waals surface area (Å²) in [6.45, 7) is 5.29. The second kappa shape index (κ2) is 9.36. The van der Waals surface area contributed by atoms with Crippen LogP contribution in [0.4, 0.5) is 0 Å². The predicted octanol–water partition coefficient (Wildman–Crippen LogP) is 1.92. The zero-order valence-electron chi connectivity index (χ0n) is 8.08.